The van der Waals surface area contributed by atoms with E-state index in [1.807, 2.05) is 0 Å². The van der Waals surface area contributed by atoms with Gasteiger partial charge in [0, 0.05) is 0 Å². The molecule has 0 heterocycles. The van der Waals surface area contributed by atoms with Gasteiger partial charge in [-0.15, -0.1) is 0 Å². The summed E-state index contributed by atoms with van der Waals surface area (Å²) in [6, 6.07) is 9.02. The number of hydrogen-bond donors (Lipinski definition) is 2. The predicted molar refractivity (Wildman–Crippen MR) is 79.1 cm³/mol. The highest BCUT2D eigenvalue weighted by atomic mass is 15.2. The normalized spacial score (nSPS) is 13.9. The molecule has 2 heteroatoms. The zero-order valence-corrected chi connectivity index (χ0v) is 12.5. The summed E-state index contributed by atoms with van der Waals surface area (Å²) in [7, 11) is 0. The van der Waals surface area contributed by atoms with Crippen molar-refractivity contribution in [2.45, 2.75) is 53.5 Å². The lowest BCUT2D eigenvalue weighted by Crippen LogP contribution is -2.38. The lowest BCUT2D eigenvalue weighted by Gasteiger charge is -2.33. The van der Waals surface area contributed by atoms with Crippen LogP contribution in [0, 0.1) is 11.3 Å². The summed E-state index contributed by atoms with van der Waals surface area (Å²) >= 11 is 0. The van der Waals surface area contributed by atoms with Crippen LogP contribution in [0.25, 0.3) is 0 Å². The van der Waals surface area contributed by atoms with Crippen molar-refractivity contribution in [3.8, 4) is 0 Å². The molecular weight excluding hydrogens is 220 g/mol. The van der Waals surface area contributed by atoms with Gasteiger partial charge in [0.05, 0.1) is 6.04 Å². The quantitative estimate of drug-likeness (QED) is 0.593. The van der Waals surface area contributed by atoms with E-state index in [1.54, 1.807) is 0 Å². The Morgan fingerprint density at radius 2 is 1.94 bits per heavy atom. The number of hydrogen-bond acceptors (Lipinski definition) is 2. The Morgan fingerprint density at radius 1 is 1.28 bits per heavy atom. The molecule has 0 saturated carbocycles. The summed E-state index contributed by atoms with van der Waals surface area (Å²) in [5, 5.41) is 0. The fourth-order valence-electron chi connectivity index (χ4n) is 2.35. The molecule has 2 nitrogen and oxygen atoms in total. The standard InChI is InChI=1S/C16H28N2/c1-6-16(4,5)15(18-17)14-9-7-8-13(11-14)10-12(2)3/h7-9,11-12,15,18H,6,10,17H2,1-5H3. The van der Waals surface area contributed by atoms with Crippen LogP contribution in [0.1, 0.15) is 58.2 Å². The molecule has 0 aliphatic heterocycles. The van der Waals surface area contributed by atoms with E-state index < -0.39 is 0 Å². The van der Waals surface area contributed by atoms with Crippen molar-refractivity contribution in [1.82, 2.24) is 5.43 Å². The van der Waals surface area contributed by atoms with Crippen molar-refractivity contribution in [2.24, 2.45) is 17.2 Å². The molecule has 0 radical (unpaired) electrons. The van der Waals surface area contributed by atoms with Gasteiger partial charge in [-0.2, -0.15) is 0 Å². The molecule has 0 aromatic heterocycles. The first-order valence-corrected chi connectivity index (χ1v) is 6.95. The molecule has 0 saturated heterocycles. The number of rotatable bonds is 6. The highest BCUT2D eigenvalue weighted by Gasteiger charge is 2.28. The predicted octanol–water partition coefficient (Wildman–Crippen LogP) is 3.83. The molecule has 1 atom stereocenters. The van der Waals surface area contributed by atoms with Gasteiger partial charge in [0.2, 0.25) is 0 Å². The largest absolute Gasteiger partial charge is 0.271 e. The molecular formula is C16H28N2. The Kier molecular flexibility index (Phi) is 5.36. The van der Waals surface area contributed by atoms with Gasteiger partial charge in [0.1, 0.15) is 0 Å². The van der Waals surface area contributed by atoms with Crippen molar-refractivity contribution in [2.75, 3.05) is 0 Å². The zero-order chi connectivity index (χ0) is 13.8. The van der Waals surface area contributed by atoms with E-state index in [2.05, 4.69) is 64.3 Å². The Labute approximate surface area is 112 Å². The average molecular weight is 248 g/mol. The Hall–Kier alpha value is -0.860. The minimum absolute atomic E-state index is 0.158. The number of nitrogens with one attached hydrogen (secondary N) is 1. The second-order valence-electron chi connectivity index (χ2n) is 6.28. The first-order valence-electron chi connectivity index (χ1n) is 6.95. The fraction of sp³-hybridized carbons (Fsp3) is 0.625. The molecule has 1 aromatic rings. The van der Waals surface area contributed by atoms with Crippen molar-refractivity contribution in [3.63, 3.8) is 0 Å². The Bertz CT molecular complexity index is 369. The number of benzene rings is 1. The molecule has 1 rings (SSSR count). The van der Waals surface area contributed by atoms with E-state index in [9.17, 15) is 0 Å². The Balaban J connectivity index is 3.00. The molecule has 1 aromatic carbocycles. The second kappa shape index (κ2) is 6.35. The third-order valence-electron chi connectivity index (χ3n) is 3.79. The summed E-state index contributed by atoms with van der Waals surface area (Å²) < 4.78 is 0. The van der Waals surface area contributed by atoms with Gasteiger partial charge >= 0.3 is 0 Å². The summed E-state index contributed by atoms with van der Waals surface area (Å²) in [6.45, 7) is 11.2. The van der Waals surface area contributed by atoms with Gasteiger partial charge in [0.15, 0.2) is 0 Å². The first kappa shape index (κ1) is 15.2. The topological polar surface area (TPSA) is 38.0 Å². The van der Waals surface area contributed by atoms with Gasteiger partial charge in [-0.05, 0) is 35.3 Å². The molecule has 0 amide bonds. The maximum Gasteiger partial charge on any atom is 0.0510 e. The molecule has 0 bridgehead atoms. The molecule has 0 spiro atoms. The molecule has 0 aliphatic rings. The summed E-state index contributed by atoms with van der Waals surface area (Å²) in [5.74, 6) is 6.45. The molecule has 102 valence electrons. The number of hydrazine groups is 1. The van der Waals surface area contributed by atoms with Gasteiger partial charge in [0.25, 0.3) is 0 Å². The van der Waals surface area contributed by atoms with Crippen molar-refractivity contribution < 1.29 is 0 Å². The van der Waals surface area contributed by atoms with Crippen molar-refractivity contribution in [3.05, 3.63) is 35.4 Å². The van der Waals surface area contributed by atoms with E-state index in [1.165, 1.54) is 11.1 Å². The van der Waals surface area contributed by atoms with Crippen LogP contribution < -0.4 is 11.3 Å². The smallest absolute Gasteiger partial charge is 0.0510 e. The van der Waals surface area contributed by atoms with Crippen molar-refractivity contribution >= 4 is 0 Å². The lowest BCUT2D eigenvalue weighted by atomic mass is 9.78. The van der Waals surface area contributed by atoms with E-state index in [0.29, 0.717) is 5.92 Å². The number of nitrogens with two attached hydrogens (primary N) is 1. The van der Waals surface area contributed by atoms with Crippen LogP contribution in [0.5, 0.6) is 0 Å². The molecule has 0 aliphatic carbocycles. The van der Waals surface area contributed by atoms with Gasteiger partial charge < -0.3 is 0 Å². The highest BCUT2D eigenvalue weighted by Crippen LogP contribution is 2.35. The van der Waals surface area contributed by atoms with Crippen LogP contribution in [0.3, 0.4) is 0 Å². The van der Waals surface area contributed by atoms with Crippen LogP contribution in [-0.2, 0) is 6.42 Å². The molecule has 1 unspecified atom stereocenters. The third kappa shape index (κ3) is 3.82. The minimum Gasteiger partial charge on any atom is -0.271 e. The zero-order valence-electron chi connectivity index (χ0n) is 12.5. The fourth-order valence-corrected chi connectivity index (χ4v) is 2.35. The summed E-state index contributed by atoms with van der Waals surface area (Å²) in [4.78, 5) is 0. The molecule has 0 fully saturated rings. The van der Waals surface area contributed by atoms with E-state index in [-0.39, 0.29) is 11.5 Å². The van der Waals surface area contributed by atoms with Crippen LogP contribution >= 0.6 is 0 Å². The monoisotopic (exact) mass is 248 g/mol. The lowest BCUT2D eigenvalue weighted by molar-refractivity contribution is 0.236. The third-order valence-corrected chi connectivity index (χ3v) is 3.79. The van der Waals surface area contributed by atoms with Gasteiger partial charge in [-0.25, -0.2) is 0 Å². The highest BCUT2D eigenvalue weighted by molar-refractivity contribution is 5.27. The van der Waals surface area contributed by atoms with Crippen LogP contribution in [0.4, 0.5) is 0 Å². The Morgan fingerprint density at radius 3 is 2.44 bits per heavy atom. The summed E-state index contributed by atoms with van der Waals surface area (Å²) in [5.41, 5.74) is 5.84. The molecule has 18 heavy (non-hydrogen) atoms. The molecule has 3 N–H and O–H groups in total. The van der Waals surface area contributed by atoms with E-state index in [0.717, 1.165) is 12.8 Å². The van der Waals surface area contributed by atoms with Gasteiger partial charge in [-0.1, -0.05) is 58.9 Å². The SMILES string of the molecule is CCC(C)(C)C(NN)c1cccc(CC(C)C)c1. The minimum atomic E-state index is 0.158. The van der Waals surface area contributed by atoms with E-state index in [4.69, 9.17) is 5.84 Å². The van der Waals surface area contributed by atoms with Crippen LogP contribution in [0.2, 0.25) is 0 Å². The van der Waals surface area contributed by atoms with Crippen LogP contribution in [-0.4, -0.2) is 0 Å². The maximum absolute atomic E-state index is 5.77. The van der Waals surface area contributed by atoms with Gasteiger partial charge in [-0.3, -0.25) is 11.3 Å². The second-order valence-corrected chi connectivity index (χ2v) is 6.28. The summed E-state index contributed by atoms with van der Waals surface area (Å²) in [6.07, 6.45) is 2.22. The average Bonchev–Trinajstić information content (AvgIpc) is 2.29. The van der Waals surface area contributed by atoms with E-state index >= 15 is 0 Å². The first-order chi connectivity index (χ1) is 8.40. The van der Waals surface area contributed by atoms with Crippen molar-refractivity contribution in [1.29, 1.82) is 0 Å². The van der Waals surface area contributed by atoms with Crippen LogP contribution in [0.15, 0.2) is 24.3 Å². The maximum atomic E-state index is 5.77.